The van der Waals surface area contributed by atoms with Crippen LogP contribution in [0.4, 0.5) is 0 Å². The first-order chi connectivity index (χ1) is 10.0. The van der Waals surface area contributed by atoms with Crippen LogP contribution in [-0.2, 0) is 0 Å². The zero-order valence-corrected chi connectivity index (χ0v) is 14.6. The number of hydrogen-bond acceptors (Lipinski definition) is 4. The second-order valence-corrected chi connectivity index (χ2v) is 7.54. The number of rotatable bonds is 5. The Balaban J connectivity index is 2.04. The maximum Gasteiger partial charge on any atom is 0.0345 e. The maximum atomic E-state index is 6.30. The normalized spacial score (nSPS) is 36.3. The zero-order chi connectivity index (χ0) is 15.5. The zero-order valence-electron chi connectivity index (χ0n) is 14.6. The monoisotopic (exact) mass is 296 g/mol. The van der Waals surface area contributed by atoms with Crippen molar-refractivity contribution < 1.29 is 0 Å². The lowest BCUT2D eigenvalue weighted by atomic mass is 9.88. The van der Waals surface area contributed by atoms with E-state index in [1.165, 1.54) is 58.4 Å². The molecule has 0 spiro atoms. The van der Waals surface area contributed by atoms with Crippen molar-refractivity contribution in [3.63, 3.8) is 0 Å². The first kappa shape index (κ1) is 17.2. The van der Waals surface area contributed by atoms with E-state index in [1.54, 1.807) is 0 Å². The van der Waals surface area contributed by atoms with Crippen molar-refractivity contribution in [2.75, 3.05) is 53.4 Å². The molecule has 2 aliphatic rings. The summed E-state index contributed by atoms with van der Waals surface area (Å²) in [5, 5.41) is 0. The topological polar surface area (TPSA) is 35.7 Å². The average Bonchev–Trinajstić information content (AvgIpc) is 2.73. The predicted molar refractivity (Wildman–Crippen MR) is 90.6 cm³/mol. The molecule has 2 fully saturated rings. The Bertz CT molecular complexity index is 320. The molecule has 0 aliphatic carbocycles. The van der Waals surface area contributed by atoms with E-state index in [0.29, 0.717) is 6.04 Å². The Hall–Kier alpha value is -0.160. The molecule has 3 unspecified atom stereocenters. The van der Waals surface area contributed by atoms with Gasteiger partial charge in [0.15, 0.2) is 0 Å². The van der Waals surface area contributed by atoms with Gasteiger partial charge in [-0.25, -0.2) is 0 Å². The maximum absolute atomic E-state index is 6.30. The minimum absolute atomic E-state index is 0.251. The van der Waals surface area contributed by atoms with Crippen molar-refractivity contribution in [1.29, 1.82) is 0 Å². The third kappa shape index (κ3) is 3.79. The fourth-order valence-electron chi connectivity index (χ4n) is 4.43. The molecule has 0 amide bonds. The van der Waals surface area contributed by atoms with Gasteiger partial charge in [-0.2, -0.15) is 0 Å². The number of likely N-dealkylation sites (tertiary alicyclic amines) is 2. The van der Waals surface area contributed by atoms with Crippen molar-refractivity contribution in [2.45, 2.75) is 51.1 Å². The summed E-state index contributed by atoms with van der Waals surface area (Å²) in [6, 6.07) is 0.684. The van der Waals surface area contributed by atoms with Crippen LogP contribution in [-0.4, -0.2) is 79.6 Å². The summed E-state index contributed by atoms with van der Waals surface area (Å²) in [5.74, 6) is 0.749. The largest absolute Gasteiger partial charge is 0.329 e. The summed E-state index contributed by atoms with van der Waals surface area (Å²) in [7, 11) is 4.44. The molecule has 0 radical (unpaired) electrons. The molecular weight excluding hydrogens is 260 g/mol. The number of likely N-dealkylation sites (N-methyl/N-ethyl adjacent to an activating group) is 1. The minimum Gasteiger partial charge on any atom is -0.329 e. The summed E-state index contributed by atoms with van der Waals surface area (Å²) in [4.78, 5) is 7.77. The SMILES string of the molecule is CCCN1CCCC(CN)(N2CC(C)C(N(C)C)C2)CC1. The van der Waals surface area contributed by atoms with Crippen LogP contribution in [0.2, 0.25) is 0 Å². The number of nitrogens with two attached hydrogens (primary N) is 1. The lowest BCUT2D eigenvalue weighted by Crippen LogP contribution is -2.54. The van der Waals surface area contributed by atoms with Gasteiger partial charge in [0.05, 0.1) is 0 Å². The Labute approximate surface area is 131 Å². The van der Waals surface area contributed by atoms with Crippen LogP contribution in [0, 0.1) is 5.92 Å². The molecule has 0 bridgehead atoms. The summed E-state index contributed by atoms with van der Waals surface area (Å²) in [5.41, 5.74) is 6.55. The van der Waals surface area contributed by atoms with E-state index in [0.717, 1.165) is 12.5 Å². The molecule has 4 nitrogen and oxygen atoms in total. The predicted octanol–water partition coefficient (Wildman–Crippen LogP) is 1.46. The van der Waals surface area contributed by atoms with Crippen molar-refractivity contribution in [1.82, 2.24) is 14.7 Å². The van der Waals surface area contributed by atoms with E-state index < -0.39 is 0 Å². The Morgan fingerprint density at radius 3 is 2.52 bits per heavy atom. The van der Waals surface area contributed by atoms with E-state index in [4.69, 9.17) is 5.73 Å². The third-order valence-corrected chi connectivity index (χ3v) is 5.84. The first-order valence-corrected chi connectivity index (χ1v) is 8.86. The van der Waals surface area contributed by atoms with Gasteiger partial charge in [0.1, 0.15) is 0 Å². The van der Waals surface area contributed by atoms with Crippen LogP contribution in [0.25, 0.3) is 0 Å². The first-order valence-electron chi connectivity index (χ1n) is 8.86. The fourth-order valence-corrected chi connectivity index (χ4v) is 4.43. The van der Waals surface area contributed by atoms with Crippen LogP contribution in [0.5, 0.6) is 0 Å². The van der Waals surface area contributed by atoms with Crippen molar-refractivity contribution in [3.05, 3.63) is 0 Å². The standard InChI is InChI=1S/C17H36N4/c1-5-9-20-10-6-7-17(14-18,8-11-20)21-12-15(2)16(13-21)19(3)4/h15-16H,5-14,18H2,1-4H3. The molecule has 4 heteroatoms. The summed E-state index contributed by atoms with van der Waals surface area (Å²) < 4.78 is 0. The van der Waals surface area contributed by atoms with Gasteiger partial charge in [-0.1, -0.05) is 13.8 Å². The van der Waals surface area contributed by atoms with Gasteiger partial charge in [0, 0.05) is 31.2 Å². The molecular formula is C17H36N4. The molecule has 0 aromatic rings. The second-order valence-electron chi connectivity index (χ2n) is 7.54. The van der Waals surface area contributed by atoms with E-state index in [2.05, 4.69) is 42.6 Å². The lowest BCUT2D eigenvalue weighted by molar-refractivity contribution is 0.0956. The molecule has 0 saturated carbocycles. The van der Waals surface area contributed by atoms with Gasteiger partial charge < -0.3 is 15.5 Å². The highest BCUT2D eigenvalue weighted by Gasteiger charge is 2.43. The average molecular weight is 297 g/mol. The second kappa shape index (κ2) is 7.40. The summed E-state index contributed by atoms with van der Waals surface area (Å²) in [6.07, 6.45) is 5.08. The molecule has 2 N–H and O–H groups in total. The van der Waals surface area contributed by atoms with Gasteiger partial charge in [-0.3, -0.25) is 4.90 Å². The molecule has 21 heavy (non-hydrogen) atoms. The number of hydrogen-bond donors (Lipinski definition) is 1. The minimum atomic E-state index is 0.251. The Morgan fingerprint density at radius 2 is 1.95 bits per heavy atom. The van der Waals surface area contributed by atoms with Crippen molar-refractivity contribution >= 4 is 0 Å². The van der Waals surface area contributed by atoms with Gasteiger partial charge in [-0.05, 0) is 65.3 Å². The highest BCUT2D eigenvalue weighted by Crippen LogP contribution is 2.34. The molecule has 3 atom stereocenters. The van der Waals surface area contributed by atoms with E-state index in [9.17, 15) is 0 Å². The van der Waals surface area contributed by atoms with Crippen molar-refractivity contribution in [2.24, 2.45) is 11.7 Å². The third-order valence-electron chi connectivity index (χ3n) is 5.84. The molecule has 2 heterocycles. The molecule has 0 aromatic carbocycles. The lowest BCUT2D eigenvalue weighted by Gasteiger charge is -2.41. The van der Waals surface area contributed by atoms with Gasteiger partial charge in [0.25, 0.3) is 0 Å². The Morgan fingerprint density at radius 1 is 1.19 bits per heavy atom. The quantitative estimate of drug-likeness (QED) is 0.833. The smallest absolute Gasteiger partial charge is 0.0345 e. The highest BCUT2D eigenvalue weighted by atomic mass is 15.3. The molecule has 2 rings (SSSR count). The van der Waals surface area contributed by atoms with Crippen LogP contribution in [0.15, 0.2) is 0 Å². The summed E-state index contributed by atoms with van der Waals surface area (Å²) in [6.45, 7) is 11.6. The molecule has 2 aliphatic heterocycles. The molecule has 2 saturated heterocycles. The van der Waals surface area contributed by atoms with Gasteiger partial charge in [-0.15, -0.1) is 0 Å². The highest BCUT2D eigenvalue weighted by molar-refractivity contribution is 5.00. The van der Waals surface area contributed by atoms with E-state index in [1.807, 2.05) is 0 Å². The van der Waals surface area contributed by atoms with Crippen LogP contribution < -0.4 is 5.73 Å². The van der Waals surface area contributed by atoms with Crippen molar-refractivity contribution in [3.8, 4) is 0 Å². The van der Waals surface area contributed by atoms with Gasteiger partial charge >= 0.3 is 0 Å². The fraction of sp³-hybridized carbons (Fsp3) is 1.00. The van der Waals surface area contributed by atoms with Gasteiger partial charge in [0.2, 0.25) is 0 Å². The Kier molecular flexibility index (Phi) is 6.06. The van der Waals surface area contributed by atoms with Crippen LogP contribution >= 0.6 is 0 Å². The van der Waals surface area contributed by atoms with Crippen LogP contribution in [0.1, 0.15) is 39.5 Å². The number of nitrogens with zero attached hydrogens (tertiary/aromatic N) is 3. The summed E-state index contributed by atoms with van der Waals surface area (Å²) >= 11 is 0. The van der Waals surface area contributed by atoms with E-state index in [-0.39, 0.29) is 5.54 Å². The molecule has 124 valence electrons. The molecule has 0 aromatic heterocycles. The van der Waals surface area contributed by atoms with Crippen LogP contribution in [0.3, 0.4) is 0 Å². The van der Waals surface area contributed by atoms with E-state index >= 15 is 0 Å².